The molecule has 4 nitrogen and oxygen atoms in total. The van der Waals surface area contributed by atoms with E-state index in [1.165, 1.54) is 18.5 Å². The van der Waals surface area contributed by atoms with Gasteiger partial charge in [-0.05, 0) is 25.0 Å². The Morgan fingerprint density at radius 3 is 2.81 bits per heavy atom. The summed E-state index contributed by atoms with van der Waals surface area (Å²) in [4.78, 5) is 6.46. The number of nitrogens with two attached hydrogens (primary N) is 1. The molecule has 90 valence electrons. The first-order valence-corrected chi connectivity index (χ1v) is 5.31. The van der Waals surface area contributed by atoms with Gasteiger partial charge in [-0.25, -0.2) is 4.99 Å². The Morgan fingerprint density at radius 2 is 2.31 bits per heavy atom. The van der Waals surface area contributed by atoms with Gasteiger partial charge in [0.25, 0.3) is 0 Å². The number of aryl methyl sites for hydroxylation is 1. The zero-order chi connectivity index (χ0) is 10.8. The van der Waals surface area contributed by atoms with Crippen molar-refractivity contribution in [1.29, 1.82) is 0 Å². The molecule has 0 spiro atoms. The van der Waals surface area contributed by atoms with Crippen LogP contribution in [0.2, 0.25) is 0 Å². The number of nitrogens with zero attached hydrogens (tertiary/aromatic N) is 3. The summed E-state index contributed by atoms with van der Waals surface area (Å²) >= 11 is 0. The van der Waals surface area contributed by atoms with E-state index < -0.39 is 0 Å². The Morgan fingerprint density at radius 1 is 1.62 bits per heavy atom. The molecule has 1 aliphatic rings. The average molecular weight is 334 g/mol. The van der Waals surface area contributed by atoms with E-state index in [1.807, 2.05) is 26.4 Å². The Balaban J connectivity index is 0.00000128. The van der Waals surface area contributed by atoms with E-state index in [0.29, 0.717) is 18.5 Å². The maximum atomic E-state index is 5.89. The average Bonchev–Trinajstić information content (AvgIpc) is 2.99. The fourth-order valence-corrected chi connectivity index (χ4v) is 1.58. The number of hydrogen-bond acceptors (Lipinski definition) is 1. The summed E-state index contributed by atoms with van der Waals surface area (Å²) in [7, 11) is 4.03. The van der Waals surface area contributed by atoms with E-state index in [2.05, 4.69) is 20.5 Å². The van der Waals surface area contributed by atoms with Crippen LogP contribution >= 0.6 is 24.0 Å². The molecule has 2 rings (SSSR count). The lowest BCUT2D eigenvalue weighted by Crippen LogP contribution is -2.35. The van der Waals surface area contributed by atoms with Gasteiger partial charge in [-0.2, -0.15) is 0 Å². The molecule has 0 aliphatic heterocycles. The summed E-state index contributed by atoms with van der Waals surface area (Å²) in [6.45, 7) is 0.659. The lowest BCUT2D eigenvalue weighted by molar-refractivity contribution is 0.487. The van der Waals surface area contributed by atoms with Gasteiger partial charge in [0.15, 0.2) is 5.96 Å². The summed E-state index contributed by atoms with van der Waals surface area (Å²) in [5, 5.41) is 0. The Kier molecular flexibility index (Phi) is 4.64. The third-order valence-electron chi connectivity index (χ3n) is 2.91. The van der Waals surface area contributed by atoms with Gasteiger partial charge < -0.3 is 15.2 Å². The third kappa shape index (κ3) is 3.13. The fraction of sp³-hybridized carbons (Fsp3) is 0.545. The highest BCUT2D eigenvalue weighted by Gasteiger charge is 2.27. The first-order chi connectivity index (χ1) is 7.18. The molecule has 1 fully saturated rings. The molecule has 1 aromatic rings. The number of aromatic nitrogens is 1. The van der Waals surface area contributed by atoms with Crippen molar-refractivity contribution in [3.63, 3.8) is 0 Å². The molecular formula is C11H19IN4. The monoisotopic (exact) mass is 334 g/mol. The van der Waals surface area contributed by atoms with Crippen molar-refractivity contribution < 1.29 is 0 Å². The van der Waals surface area contributed by atoms with Crippen LogP contribution in [0.1, 0.15) is 18.5 Å². The maximum Gasteiger partial charge on any atom is 0.191 e. The van der Waals surface area contributed by atoms with Crippen LogP contribution < -0.4 is 5.73 Å². The molecule has 0 unspecified atom stereocenters. The van der Waals surface area contributed by atoms with E-state index >= 15 is 0 Å². The van der Waals surface area contributed by atoms with Gasteiger partial charge >= 0.3 is 0 Å². The van der Waals surface area contributed by atoms with E-state index in [0.717, 1.165) is 0 Å². The molecule has 2 N–H and O–H groups in total. The predicted molar refractivity (Wildman–Crippen MR) is 76.9 cm³/mol. The molecule has 0 amide bonds. The van der Waals surface area contributed by atoms with Crippen LogP contribution in [-0.4, -0.2) is 28.5 Å². The van der Waals surface area contributed by atoms with E-state index in [9.17, 15) is 0 Å². The number of aliphatic imine (C=N–C) groups is 1. The SMILES string of the molecule is CN(C(N)=NCc1cccn1C)C1CC1.I. The minimum Gasteiger partial charge on any atom is -0.370 e. The molecule has 0 aromatic carbocycles. The standard InChI is InChI=1S/C11H18N4.HI/c1-14-7-3-4-10(14)8-13-11(12)15(2)9-5-6-9;/h3-4,7,9H,5-6,8H2,1-2H3,(H2,12,13);1H. The molecular weight excluding hydrogens is 315 g/mol. The lowest BCUT2D eigenvalue weighted by atomic mass is 10.4. The fourth-order valence-electron chi connectivity index (χ4n) is 1.58. The Bertz CT molecular complexity index is 368. The molecule has 1 saturated carbocycles. The van der Waals surface area contributed by atoms with Crippen molar-refractivity contribution >= 4 is 29.9 Å². The molecule has 0 atom stereocenters. The summed E-state index contributed by atoms with van der Waals surface area (Å²) < 4.78 is 2.06. The highest BCUT2D eigenvalue weighted by Crippen LogP contribution is 2.24. The van der Waals surface area contributed by atoms with E-state index in [1.54, 1.807) is 0 Å². The first-order valence-electron chi connectivity index (χ1n) is 5.31. The van der Waals surface area contributed by atoms with Crippen molar-refractivity contribution in [2.45, 2.75) is 25.4 Å². The van der Waals surface area contributed by atoms with Crippen molar-refractivity contribution in [1.82, 2.24) is 9.47 Å². The zero-order valence-corrected chi connectivity index (χ0v) is 12.1. The number of hydrogen-bond donors (Lipinski definition) is 1. The van der Waals surface area contributed by atoms with Gasteiger partial charge in [0.2, 0.25) is 0 Å². The van der Waals surface area contributed by atoms with Crippen LogP contribution in [0.25, 0.3) is 0 Å². The van der Waals surface area contributed by atoms with Gasteiger partial charge in [0.05, 0.1) is 6.54 Å². The van der Waals surface area contributed by atoms with Gasteiger partial charge in [-0.15, -0.1) is 24.0 Å². The number of halogens is 1. The third-order valence-corrected chi connectivity index (χ3v) is 2.91. The van der Waals surface area contributed by atoms with Crippen LogP contribution in [0.15, 0.2) is 23.3 Å². The van der Waals surface area contributed by atoms with Crippen LogP contribution in [-0.2, 0) is 13.6 Å². The van der Waals surface area contributed by atoms with Crippen LogP contribution in [0.3, 0.4) is 0 Å². The normalized spacial score (nSPS) is 15.8. The van der Waals surface area contributed by atoms with Crippen LogP contribution in [0, 0.1) is 0 Å². The summed E-state index contributed by atoms with van der Waals surface area (Å²) in [6.07, 6.45) is 4.51. The van der Waals surface area contributed by atoms with Crippen molar-refractivity contribution in [3.05, 3.63) is 24.0 Å². The second-order valence-corrected chi connectivity index (χ2v) is 4.13. The van der Waals surface area contributed by atoms with E-state index in [4.69, 9.17) is 5.73 Å². The zero-order valence-electron chi connectivity index (χ0n) is 9.76. The highest BCUT2D eigenvalue weighted by molar-refractivity contribution is 14.0. The minimum absolute atomic E-state index is 0. The summed E-state index contributed by atoms with van der Waals surface area (Å²) in [5.74, 6) is 0.652. The summed E-state index contributed by atoms with van der Waals surface area (Å²) in [5.41, 5.74) is 7.07. The summed E-state index contributed by atoms with van der Waals surface area (Å²) in [6, 6.07) is 4.71. The molecule has 5 heteroatoms. The molecule has 0 saturated heterocycles. The first kappa shape index (κ1) is 13.3. The highest BCUT2D eigenvalue weighted by atomic mass is 127. The minimum atomic E-state index is 0. The Labute approximate surface area is 114 Å². The van der Waals surface area contributed by atoms with Crippen LogP contribution in [0.5, 0.6) is 0 Å². The van der Waals surface area contributed by atoms with Gasteiger partial charge in [-0.3, -0.25) is 0 Å². The molecule has 1 aromatic heterocycles. The smallest absolute Gasteiger partial charge is 0.191 e. The van der Waals surface area contributed by atoms with Crippen molar-refractivity contribution in [3.8, 4) is 0 Å². The van der Waals surface area contributed by atoms with Crippen molar-refractivity contribution in [2.75, 3.05) is 7.05 Å². The van der Waals surface area contributed by atoms with Crippen molar-refractivity contribution in [2.24, 2.45) is 17.8 Å². The second kappa shape index (κ2) is 5.56. The molecule has 1 heterocycles. The van der Waals surface area contributed by atoms with Gasteiger partial charge in [-0.1, -0.05) is 0 Å². The lowest BCUT2D eigenvalue weighted by Gasteiger charge is -2.16. The topological polar surface area (TPSA) is 46.5 Å². The van der Waals surface area contributed by atoms with Gasteiger partial charge in [0.1, 0.15) is 0 Å². The molecule has 16 heavy (non-hydrogen) atoms. The number of rotatable bonds is 3. The molecule has 0 radical (unpaired) electrons. The van der Waals surface area contributed by atoms with E-state index in [-0.39, 0.29) is 24.0 Å². The van der Waals surface area contributed by atoms with Gasteiger partial charge in [0, 0.05) is 32.0 Å². The number of guanidine groups is 1. The molecule has 0 bridgehead atoms. The van der Waals surface area contributed by atoms with Crippen LogP contribution in [0.4, 0.5) is 0 Å². The quantitative estimate of drug-likeness (QED) is 0.518. The maximum absolute atomic E-state index is 5.89. The molecule has 1 aliphatic carbocycles. The Hall–Kier alpha value is -0.720. The second-order valence-electron chi connectivity index (χ2n) is 4.13. The largest absolute Gasteiger partial charge is 0.370 e. The predicted octanol–water partition coefficient (Wildman–Crippen LogP) is 1.55.